The molecule has 0 aliphatic rings. The van der Waals surface area contributed by atoms with Crippen LogP contribution in [-0.2, 0) is 4.74 Å². The van der Waals surface area contributed by atoms with Crippen LogP contribution in [0.5, 0.6) is 0 Å². The first-order valence-electron chi connectivity index (χ1n) is 4.67. The molecule has 0 aliphatic carbocycles. The van der Waals surface area contributed by atoms with Crippen molar-refractivity contribution in [2.75, 3.05) is 20.2 Å². The highest BCUT2D eigenvalue weighted by atomic mass is 16.5. The summed E-state index contributed by atoms with van der Waals surface area (Å²) in [5.41, 5.74) is 0.250. The number of ether oxygens (including phenoxy) is 1. The van der Waals surface area contributed by atoms with E-state index in [2.05, 4.69) is 46.6 Å². The van der Waals surface area contributed by atoms with E-state index in [1.165, 1.54) is 0 Å². The van der Waals surface area contributed by atoms with Crippen LogP contribution in [0.1, 0.15) is 34.6 Å². The number of hydrogen-bond donors (Lipinski definition) is 0. The predicted molar refractivity (Wildman–Crippen MR) is 53.5 cm³/mol. The van der Waals surface area contributed by atoms with Crippen molar-refractivity contribution >= 4 is 0 Å². The molecule has 0 spiro atoms. The lowest BCUT2D eigenvalue weighted by Crippen LogP contribution is -2.40. The van der Waals surface area contributed by atoms with Gasteiger partial charge < -0.3 is 4.74 Å². The monoisotopic (exact) mass is 173 g/mol. The van der Waals surface area contributed by atoms with Crippen LogP contribution < -0.4 is 0 Å². The molecule has 0 amide bonds. The van der Waals surface area contributed by atoms with Crippen LogP contribution in [-0.4, -0.2) is 36.7 Å². The lowest BCUT2D eigenvalue weighted by atomic mass is 10.1. The fourth-order valence-electron chi connectivity index (χ4n) is 0.761. The van der Waals surface area contributed by atoms with Gasteiger partial charge in [0, 0.05) is 12.1 Å². The quantitative estimate of drug-likeness (QED) is 0.646. The molecule has 0 rings (SSSR count). The van der Waals surface area contributed by atoms with E-state index in [9.17, 15) is 0 Å². The molecule has 0 radical (unpaired) electrons. The maximum absolute atomic E-state index is 5.47. The summed E-state index contributed by atoms with van der Waals surface area (Å²) in [4.78, 5) is 2.30. The molecule has 2 nitrogen and oxygen atoms in total. The molecule has 0 atom stereocenters. The van der Waals surface area contributed by atoms with E-state index in [1.54, 1.807) is 0 Å². The van der Waals surface area contributed by atoms with E-state index in [1.807, 2.05) is 0 Å². The summed E-state index contributed by atoms with van der Waals surface area (Å²) in [5, 5.41) is 0. The molecule has 0 saturated carbocycles. The molecule has 0 unspecified atom stereocenters. The van der Waals surface area contributed by atoms with Crippen molar-refractivity contribution in [3.63, 3.8) is 0 Å². The smallest absolute Gasteiger partial charge is 0.0597 e. The molecule has 0 aliphatic heterocycles. The third-order valence-electron chi connectivity index (χ3n) is 2.02. The lowest BCUT2D eigenvalue weighted by Gasteiger charge is -2.31. The van der Waals surface area contributed by atoms with Crippen molar-refractivity contribution in [2.24, 2.45) is 0 Å². The van der Waals surface area contributed by atoms with Crippen LogP contribution in [0.25, 0.3) is 0 Å². The van der Waals surface area contributed by atoms with Gasteiger partial charge in [0.15, 0.2) is 0 Å². The Balaban J connectivity index is 3.51. The Kier molecular flexibility index (Phi) is 4.80. The summed E-state index contributed by atoms with van der Waals surface area (Å²) in [5.74, 6) is 0. The Hall–Kier alpha value is -0.0800. The Morgan fingerprint density at radius 2 is 1.75 bits per heavy atom. The zero-order valence-electron chi connectivity index (χ0n) is 9.35. The van der Waals surface area contributed by atoms with E-state index < -0.39 is 0 Å². The molecule has 74 valence electrons. The normalized spacial score (nSPS) is 13.0. The SMILES string of the molecule is CC(C)OCCN(C)C(C)(C)C. The van der Waals surface area contributed by atoms with Crippen molar-refractivity contribution in [1.82, 2.24) is 4.90 Å². The van der Waals surface area contributed by atoms with Gasteiger partial charge in [0.25, 0.3) is 0 Å². The molecule has 0 bridgehead atoms. The van der Waals surface area contributed by atoms with Crippen molar-refractivity contribution in [1.29, 1.82) is 0 Å². The molecule has 0 N–H and O–H groups in total. The molecule has 0 aromatic carbocycles. The van der Waals surface area contributed by atoms with E-state index >= 15 is 0 Å². The second kappa shape index (κ2) is 4.83. The van der Waals surface area contributed by atoms with Gasteiger partial charge in [0.1, 0.15) is 0 Å². The van der Waals surface area contributed by atoms with E-state index in [0.717, 1.165) is 13.2 Å². The molecule has 0 aromatic rings. The van der Waals surface area contributed by atoms with Gasteiger partial charge in [-0.25, -0.2) is 0 Å². The fourth-order valence-corrected chi connectivity index (χ4v) is 0.761. The maximum Gasteiger partial charge on any atom is 0.0597 e. The van der Waals surface area contributed by atoms with Gasteiger partial charge in [0.05, 0.1) is 12.7 Å². The molecule has 0 aromatic heterocycles. The summed E-state index contributed by atoms with van der Waals surface area (Å²) in [6.07, 6.45) is 0.346. The summed E-state index contributed by atoms with van der Waals surface area (Å²) >= 11 is 0. The first-order chi connectivity index (χ1) is 5.34. The minimum Gasteiger partial charge on any atom is -0.377 e. The molecule has 12 heavy (non-hydrogen) atoms. The predicted octanol–water partition coefficient (Wildman–Crippen LogP) is 2.14. The van der Waals surface area contributed by atoms with Crippen molar-refractivity contribution in [3.8, 4) is 0 Å². The zero-order valence-corrected chi connectivity index (χ0v) is 9.35. The van der Waals surface area contributed by atoms with Crippen LogP contribution in [0, 0.1) is 0 Å². The van der Waals surface area contributed by atoms with Crippen LogP contribution in [0.3, 0.4) is 0 Å². The lowest BCUT2D eigenvalue weighted by molar-refractivity contribution is 0.0455. The molecule has 0 fully saturated rings. The standard InChI is InChI=1S/C10H23NO/c1-9(2)12-8-7-11(6)10(3,4)5/h9H,7-8H2,1-6H3. The molecule has 0 heterocycles. The summed E-state index contributed by atoms with van der Waals surface area (Å²) in [7, 11) is 2.13. The zero-order chi connectivity index (χ0) is 9.78. The van der Waals surface area contributed by atoms with E-state index in [0.29, 0.717) is 6.10 Å². The molecule has 0 saturated heterocycles. The Bertz CT molecular complexity index is 115. The van der Waals surface area contributed by atoms with Crippen LogP contribution >= 0.6 is 0 Å². The first kappa shape index (κ1) is 11.9. The molecule has 2 heteroatoms. The second-order valence-electron chi connectivity index (χ2n) is 4.51. The summed E-state index contributed by atoms with van der Waals surface area (Å²) in [6.45, 7) is 12.6. The number of hydrogen-bond acceptors (Lipinski definition) is 2. The van der Waals surface area contributed by atoms with Crippen molar-refractivity contribution in [2.45, 2.75) is 46.3 Å². The van der Waals surface area contributed by atoms with Gasteiger partial charge in [-0.05, 0) is 41.7 Å². The van der Waals surface area contributed by atoms with Gasteiger partial charge >= 0.3 is 0 Å². The van der Waals surface area contributed by atoms with Crippen molar-refractivity contribution in [3.05, 3.63) is 0 Å². The van der Waals surface area contributed by atoms with E-state index in [4.69, 9.17) is 4.74 Å². The average molecular weight is 173 g/mol. The van der Waals surface area contributed by atoms with Gasteiger partial charge in [-0.1, -0.05) is 0 Å². The minimum absolute atomic E-state index is 0.250. The Morgan fingerprint density at radius 3 is 2.08 bits per heavy atom. The van der Waals surface area contributed by atoms with Gasteiger partial charge in [-0.15, -0.1) is 0 Å². The van der Waals surface area contributed by atoms with Crippen LogP contribution in [0.15, 0.2) is 0 Å². The van der Waals surface area contributed by atoms with Crippen molar-refractivity contribution < 1.29 is 4.74 Å². The largest absolute Gasteiger partial charge is 0.377 e. The first-order valence-corrected chi connectivity index (χ1v) is 4.67. The topological polar surface area (TPSA) is 12.5 Å². The van der Waals surface area contributed by atoms with Gasteiger partial charge in [-0.3, -0.25) is 4.90 Å². The third kappa shape index (κ3) is 5.56. The summed E-state index contributed by atoms with van der Waals surface area (Å²) in [6, 6.07) is 0. The molecular formula is C10H23NO. The highest BCUT2D eigenvalue weighted by Crippen LogP contribution is 2.09. The van der Waals surface area contributed by atoms with E-state index in [-0.39, 0.29) is 5.54 Å². The fraction of sp³-hybridized carbons (Fsp3) is 1.00. The Labute approximate surface area is 76.9 Å². The van der Waals surface area contributed by atoms with Gasteiger partial charge in [-0.2, -0.15) is 0 Å². The minimum atomic E-state index is 0.250. The number of likely N-dealkylation sites (N-methyl/N-ethyl adjacent to an activating group) is 1. The van der Waals surface area contributed by atoms with Crippen LogP contribution in [0.4, 0.5) is 0 Å². The molecular weight excluding hydrogens is 150 g/mol. The average Bonchev–Trinajstić information content (AvgIpc) is 1.84. The number of nitrogens with zero attached hydrogens (tertiary/aromatic N) is 1. The number of rotatable bonds is 4. The highest BCUT2D eigenvalue weighted by Gasteiger charge is 2.15. The maximum atomic E-state index is 5.47. The summed E-state index contributed by atoms with van der Waals surface area (Å²) < 4.78 is 5.47. The van der Waals surface area contributed by atoms with Gasteiger partial charge in [0.2, 0.25) is 0 Å². The Morgan fingerprint density at radius 1 is 1.25 bits per heavy atom. The highest BCUT2D eigenvalue weighted by molar-refractivity contribution is 4.72. The third-order valence-corrected chi connectivity index (χ3v) is 2.02. The second-order valence-corrected chi connectivity index (χ2v) is 4.51. The van der Waals surface area contributed by atoms with Crippen LogP contribution in [0.2, 0.25) is 0 Å².